The van der Waals surface area contributed by atoms with E-state index in [0.29, 0.717) is 23.8 Å². The number of para-hydroxylation sites is 1. The van der Waals surface area contributed by atoms with E-state index in [1.165, 1.54) is 11.3 Å². The highest BCUT2D eigenvalue weighted by atomic mass is 35.5. The summed E-state index contributed by atoms with van der Waals surface area (Å²) in [7, 11) is 4.00. The van der Waals surface area contributed by atoms with E-state index in [9.17, 15) is 4.79 Å². The van der Waals surface area contributed by atoms with Crippen molar-refractivity contribution in [3.63, 3.8) is 0 Å². The van der Waals surface area contributed by atoms with Gasteiger partial charge in [0.15, 0.2) is 5.13 Å². The van der Waals surface area contributed by atoms with E-state index in [1.807, 2.05) is 70.4 Å². The van der Waals surface area contributed by atoms with Crippen molar-refractivity contribution in [1.29, 1.82) is 0 Å². The number of carbonyl (C=O) groups is 1. The molecule has 0 saturated heterocycles. The quantitative estimate of drug-likeness (QED) is 0.560. The Morgan fingerprint density at radius 2 is 1.89 bits per heavy atom. The number of hydrogen-bond acceptors (Lipinski definition) is 5. The van der Waals surface area contributed by atoms with Crippen molar-refractivity contribution in [2.75, 3.05) is 38.7 Å². The molecule has 1 heterocycles. The van der Waals surface area contributed by atoms with Crippen molar-refractivity contribution in [2.24, 2.45) is 0 Å². The van der Waals surface area contributed by atoms with Crippen LogP contribution in [0.3, 0.4) is 0 Å². The van der Waals surface area contributed by atoms with Crippen molar-refractivity contribution in [3.8, 4) is 5.75 Å². The normalized spacial score (nSPS) is 10.8. The van der Waals surface area contributed by atoms with Crippen molar-refractivity contribution in [3.05, 3.63) is 53.6 Å². The molecule has 2 aromatic carbocycles. The van der Waals surface area contributed by atoms with Crippen LogP contribution in [0.2, 0.25) is 0 Å². The number of halogens is 1. The fourth-order valence-corrected chi connectivity index (χ4v) is 3.82. The van der Waals surface area contributed by atoms with Gasteiger partial charge in [-0.3, -0.25) is 9.69 Å². The minimum absolute atomic E-state index is 0. The third kappa shape index (κ3) is 5.01. The van der Waals surface area contributed by atoms with E-state index in [4.69, 9.17) is 9.72 Å². The maximum absolute atomic E-state index is 13.2. The summed E-state index contributed by atoms with van der Waals surface area (Å²) in [6, 6.07) is 13.6. The number of anilines is 1. The maximum Gasteiger partial charge on any atom is 0.260 e. The number of likely N-dealkylation sites (N-methyl/N-ethyl adjacent to an activating group) is 1. The largest absolute Gasteiger partial charge is 0.492 e. The molecule has 150 valence electrons. The Morgan fingerprint density at radius 3 is 2.57 bits per heavy atom. The molecule has 0 aliphatic rings. The third-order valence-corrected chi connectivity index (χ3v) is 5.23. The second-order valence-corrected chi connectivity index (χ2v) is 7.67. The molecule has 7 heteroatoms. The zero-order valence-corrected chi connectivity index (χ0v) is 18.3. The van der Waals surface area contributed by atoms with E-state index < -0.39 is 0 Å². The molecule has 0 bridgehead atoms. The molecule has 0 aliphatic carbocycles. The Kier molecular flexibility index (Phi) is 7.80. The lowest BCUT2D eigenvalue weighted by Gasteiger charge is -2.22. The van der Waals surface area contributed by atoms with Crippen LogP contribution in [0.1, 0.15) is 22.8 Å². The highest BCUT2D eigenvalue weighted by molar-refractivity contribution is 7.22. The minimum Gasteiger partial charge on any atom is -0.492 e. The molecule has 5 nitrogen and oxygen atoms in total. The second-order valence-electron chi connectivity index (χ2n) is 6.66. The van der Waals surface area contributed by atoms with Gasteiger partial charge in [0.25, 0.3) is 5.91 Å². The lowest BCUT2D eigenvalue weighted by Crippen LogP contribution is -2.36. The number of carbonyl (C=O) groups excluding carboxylic acids is 1. The highest BCUT2D eigenvalue weighted by Crippen LogP contribution is 2.34. The number of rotatable bonds is 7. The van der Waals surface area contributed by atoms with E-state index in [1.54, 1.807) is 4.90 Å². The summed E-state index contributed by atoms with van der Waals surface area (Å²) < 4.78 is 6.72. The number of aromatic nitrogens is 1. The summed E-state index contributed by atoms with van der Waals surface area (Å²) >= 11 is 1.52. The molecule has 3 rings (SSSR count). The predicted molar refractivity (Wildman–Crippen MR) is 119 cm³/mol. The Bertz CT molecular complexity index is 942. The van der Waals surface area contributed by atoms with Gasteiger partial charge in [0.1, 0.15) is 11.3 Å². The first-order valence-electron chi connectivity index (χ1n) is 9.05. The number of aryl methyl sites for hydroxylation is 1. The summed E-state index contributed by atoms with van der Waals surface area (Å²) in [4.78, 5) is 21.8. The van der Waals surface area contributed by atoms with Crippen molar-refractivity contribution in [2.45, 2.75) is 13.8 Å². The number of amides is 1. The molecule has 3 aromatic rings. The molecular formula is C21H26ClN3O2S. The fourth-order valence-electron chi connectivity index (χ4n) is 2.82. The molecule has 0 aliphatic heterocycles. The smallest absolute Gasteiger partial charge is 0.260 e. The van der Waals surface area contributed by atoms with Gasteiger partial charge in [-0.05, 0) is 52.2 Å². The molecule has 0 fully saturated rings. The van der Waals surface area contributed by atoms with E-state index in [-0.39, 0.29) is 18.3 Å². The van der Waals surface area contributed by atoms with Gasteiger partial charge in [-0.2, -0.15) is 0 Å². The SMILES string of the molecule is CCOc1cccc2sc(N(CCN(C)C)C(=O)c3cccc(C)c3)nc12.Cl. The lowest BCUT2D eigenvalue weighted by atomic mass is 10.1. The zero-order chi connectivity index (χ0) is 19.4. The minimum atomic E-state index is -0.0300. The molecule has 0 saturated carbocycles. The molecule has 0 N–H and O–H groups in total. The first kappa shape index (κ1) is 22.1. The molecule has 1 amide bonds. The first-order chi connectivity index (χ1) is 13.0. The summed E-state index contributed by atoms with van der Waals surface area (Å²) in [5, 5.41) is 0.700. The molecular weight excluding hydrogens is 394 g/mol. The van der Waals surface area contributed by atoms with Gasteiger partial charge in [-0.15, -0.1) is 12.4 Å². The van der Waals surface area contributed by atoms with Gasteiger partial charge >= 0.3 is 0 Å². The predicted octanol–water partition coefficient (Wildman–Crippen LogP) is 4.63. The van der Waals surface area contributed by atoms with Crippen molar-refractivity contribution < 1.29 is 9.53 Å². The third-order valence-electron chi connectivity index (χ3n) is 4.18. The summed E-state index contributed by atoms with van der Waals surface area (Å²) in [5.41, 5.74) is 2.56. The topological polar surface area (TPSA) is 45.7 Å². The number of fused-ring (bicyclic) bond motifs is 1. The summed E-state index contributed by atoms with van der Waals surface area (Å²) in [6.45, 7) is 5.86. The van der Waals surface area contributed by atoms with Gasteiger partial charge in [0, 0.05) is 18.7 Å². The van der Waals surface area contributed by atoms with Gasteiger partial charge in [0.2, 0.25) is 0 Å². The van der Waals surface area contributed by atoms with Crippen LogP contribution in [0.25, 0.3) is 10.2 Å². The molecule has 0 unspecified atom stereocenters. The van der Waals surface area contributed by atoms with Crippen LogP contribution in [0, 0.1) is 6.92 Å². The van der Waals surface area contributed by atoms with Gasteiger partial charge in [0.05, 0.1) is 11.3 Å². The Labute approximate surface area is 176 Å². The van der Waals surface area contributed by atoms with Crippen LogP contribution >= 0.6 is 23.7 Å². The Balaban J connectivity index is 0.00000280. The maximum atomic E-state index is 13.2. The molecule has 0 atom stereocenters. The van der Waals surface area contributed by atoms with E-state index in [0.717, 1.165) is 28.1 Å². The van der Waals surface area contributed by atoms with Crippen LogP contribution in [0.15, 0.2) is 42.5 Å². The van der Waals surface area contributed by atoms with Crippen molar-refractivity contribution in [1.82, 2.24) is 9.88 Å². The Morgan fingerprint density at radius 1 is 1.14 bits per heavy atom. The van der Waals surface area contributed by atoms with Gasteiger partial charge in [-0.1, -0.05) is 35.1 Å². The summed E-state index contributed by atoms with van der Waals surface area (Å²) in [5.74, 6) is 0.727. The molecule has 28 heavy (non-hydrogen) atoms. The number of nitrogens with zero attached hydrogens (tertiary/aromatic N) is 3. The second kappa shape index (κ2) is 9.87. The fraction of sp³-hybridized carbons (Fsp3) is 0.333. The zero-order valence-electron chi connectivity index (χ0n) is 16.6. The summed E-state index contributed by atoms with van der Waals surface area (Å²) in [6.07, 6.45) is 0. The van der Waals surface area contributed by atoms with Gasteiger partial charge in [-0.25, -0.2) is 4.98 Å². The van der Waals surface area contributed by atoms with E-state index in [2.05, 4.69) is 4.90 Å². The molecule has 0 spiro atoms. The van der Waals surface area contributed by atoms with Crippen LogP contribution in [-0.4, -0.2) is 49.6 Å². The highest BCUT2D eigenvalue weighted by Gasteiger charge is 2.22. The lowest BCUT2D eigenvalue weighted by molar-refractivity contribution is 0.0985. The van der Waals surface area contributed by atoms with E-state index >= 15 is 0 Å². The molecule has 1 aromatic heterocycles. The number of ether oxygens (including phenoxy) is 1. The Hall–Kier alpha value is -2.15. The van der Waals surface area contributed by atoms with Crippen LogP contribution in [-0.2, 0) is 0 Å². The number of hydrogen-bond donors (Lipinski definition) is 0. The first-order valence-corrected chi connectivity index (χ1v) is 9.87. The number of thiazole rings is 1. The average Bonchev–Trinajstić information content (AvgIpc) is 3.06. The van der Waals surface area contributed by atoms with Crippen LogP contribution in [0.5, 0.6) is 5.75 Å². The monoisotopic (exact) mass is 419 g/mol. The van der Waals surface area contributed by atoms with Gasteiger partial charge < -0.3 is 9.64 Å². The van der Waals surface area contributed by atoms with Crippen LogP contribution in [0.4, 0.5) is 5.13 Å². The molecule has 0 radical (unpaired) electrons. The van der Waals surface area contributed by atoms with Crippen molar-refractivity contribution >= 4 is 45.0 Å². The van der Waals surface area contributed by atoms with Crippen LogP contribution < -0.4 is 9.64 Å². The standard InChI is InChI=1S/C21H25N3O2S.ClH/c1-5-26-17-10-7-11-18-19(17)22-21(27-18)24(13-12-23(3)4)20(25)16-9-6-8-15(2)14-16;/h6-11,14H,5,12-13H2,1-4H3;1H. The number of benzene rings is 2. The average molecular weight is 420 g/mol.